The molecule has 0 saturated heterocycles. The molecule has 3 aromatic carbocycles. The van der Waals surface area contributed by atoms with Crippen molar-refractivity contribution < 1.29 is 9.66 Å². The molecule has 5 heteroatoms. The first-order chi connectivity index (χ1) is 14.0. The molecule has 0 radical (unpaired) electrons. The third kappa shape index (κ3) is 2.27. The molecule has 0 aromatic heterocycles. The summed E-state index contributed by atoms with van der Waals surface area (Å²) in [5.41, 5.74) is 2.44. The molecule has 5 nitrogen and oxygen atoms in total. The van der Waals surface area contributed by atoms with Crippen molar-refractivity contribution in [2.75, 3.05) is 4.90 Å². The van der Waals surface area contributed by atoms with Gasteiger partial charge in [0.05, 0.1) is 10.3 Å². The number of nitrogens with zero attached hydrogens (tertiary/aromatic N) is 2. The lowest BCUT2D eigenvalue weighted by Crippen LogP contribution is -2.57. The van der Waals surface area contributed by atoms with E-state index < -0.39 is 11.1 Å². The van der Waals surface area contributed by atoms with Crippen molar-refractivity contribution in [3.63, 3.8) is 0 Å². The second-order valence-electron chi connectivity index (χ2n) is 7.90. The van der Waals surface area contributed by atoms with Crippen LogP contribution in [0.5, 0.6) is 5.75 Å². The monoisotopic (exact) mass is 384 g/mol. The van der Waals surface area contributed by atoms with Gasteiger partial charge in [-0.05, 0) is 49.8 Å². The molecule has 0 saturated carbocycles. The zero-order valence-electron chi connectivity index (χ0n) is 16.2. The van der Waals surface area contributed by atoms with Crippen LogP contribution < -0.4 is 9.64 Å². The molecule has 0 aliphatic carbocycles. The van der Waals surface area contributed by atoms with E-state index in [2.05, 4.69) is 30.9 Å². The van der Waals surface area contributed by atoms with Crippen molar-refractivity contribution in [2.24, 2.45) is 0 Å². The number of benzene rings is 3. The number of rotatable bonds is 2. The standard InChI is InChI=1S/C24H20N2O3/c1-23(2)19-12-6-7-13-20(19)25(18-10-4-3-5-11-18)24(23)16-15-17-9-8-14-21(26(27)28)22(17)29-24/h3-16H,1-2H3/t24-/m1/s1. The third-order valence-corrected chi connectivity index (χ3v) is 6.03. The number of nitro groups is 1. The van der Waals surface area contributed by atoms with E-state index in [9.17, 15) is 10.1 Å². The summed E-state index contributed by atoms with van der Waals surface area (Å²) < 4.78 is 6.64. The summed E-state index contributed by atoms with van der Waals surface area (Å²) >= 11 is 0. The average molecular weight is 384 g/mol. The lowest BCUT2D eigenvalue weighted by molar-refractivity contribution is -0.386. The van der Waals surface area contributed by atoms with E-state index in [0.29, 0.717) is 11.3 Å². The highest BCUT2D eigenvalue weighted by molar-refractivity contribution is 5.80. The Morgan fingerprint density at radius 3 is 2.41 bits per heavy atom. The second kappa shape index (κ2) is 5.95. The summed E-state index contributed by atoms with van der Waals surface area (Å²) in [6.07, 6.45) is 3.97. The number of fused-ring (bicyclic) bond motifs is 2. The Labute approximate surface area is 169 Å². The summed E-state index contributed by atoms with van der Waals surface area (Å²) in [5.74, 6) is 0.307. The zero-order valence-corrected chi connectivity index (χ0v) is 16.2. The predicted octanol–water partition coefficient (Wildman–Crippen LogP) is 5.83. The van der Waals surface area contributed by atoms with E-state index in [1.807, 2.05) is 60.7 Å². The van der Waals surface area contributed by atoms with Crippen molar-refractivity contribution in [3.8, 4) is 5.75 Å². The van der Waals surface area contributed by atoms with Crippen LogP contribution in [0.4, 0.5) is 17.1 Å². The van der Waals surface area contributed by atoms with Crippen molar-refractivity contribution in [3.05, 3.63) is 100 Å². The molecule has 5 rings (SSSR count). The fraction of sp³-hybridized carbons (Fsp3) is 0.167. The topological polar surface area (TPSA) is 55.6 Å². The molecule has 2 heterocycles. The molecule has 1 atom stereocenters. The molecule has 144 valence electrons. The largest absolute Gasteiger partial charge is 0.455 e. The number of hydrogen-bond acceptors (Lipinski definition) is 4. The lowest BCUT2D eigenvalue weighted by atomic mass is 9.76. The first-order valence-electron chi connectivity index (χ1n) is 9.56. The zero-order chi connectivity index (χ0) is 20.2. The number of ether oxygens (including phenoxy) is 1. The maximum absolute atomic E-state index is 11.7. The van der Waals surface area contributed by atoms with Gasteiger partial charge >= 0.3 is 5.69 Å². The maximum atomic E-state index is 11.7. The van der Waals surface area contributed by atoms with Crippen molar-refractivity contribution in [1.29, 1.82) is 0 Å². The van der Waals surface area contributed by atoms with Gasteiger partial charge in [-0.15, -0.1) is 0 Å². The molecule has 0 N–H and O–H groups in total. The van der Waals surface area contributed by atoms with Gasteiger partial charge in [-0.2, -0.15) is 0 Å². The van der Waals surface area contributed by atoms with Gasteiger partial charge in [0.15, 0.2) is 0 Å². The number of nitro benzene ring substituents is 1. The van der Waals surface area contributed by atoms with Crippen LogP contribution in [-0.4, -0.2) is 10.6 Å². The Hall–Kier alpha value is -3.60. The first-order valence-corrected chi connectivity index (χ1v) is 9.56. The Kier molecular flexibility index (Phi) is 3.59. The predicted molar refractivity (Wildman–Crippen MR) is 114 cm³/mol. The minimum Gasteiger partial charge on any atom is -0.455 e. The molecule has 0 unspecified atom stereocenters. The number of anilines is 2. The fourth-order valence-electron chi connectivity index (χ4n) is 4.53. The van der Waals surface area contributed by atoms with Gasteiger partial charge in [0, 0.05) is 23.0 Å². The van der Waals surface area contributed by atoms with Crippen molar-refractivity contribution >= 4 is 23.1 Å². The molecule has 1 spiro atoms. The highest BCUT2D eigenvalue weighted by atomic mass is 16.6. The van der Waals surface area contributed by atoms with Crippen LogP contribution >= 0.6 is 0 Å². The van der Waals surface area contributed by atoms with Crippen LogP contribution in [0, 0.1) is 10.1 Å². The minimum atomic E-state index is -0.933. The second-order valence-corrected chi connectivity index (χ2v) is 7.90. The summed E-state index contributed by atoms with van der Waals surface area (Å²) in [7, 11) is 0. The Balaban J connectivity index is 1.79. The Morgan fingerprint density at radius 1 is 0.931 bits per heavy atom. The van der Waals surface area contributed by atoms with Gasteiger partial charge in [-0.25, -0.2) is 0 Å². The normalized spacial score (nSPS) is 20.8. The Morgan fingerprint density at radius 2 is 1.66 bits per heavy atom. The molecule has 0 fully saturated rings. The highest BCUT2D eigenvalue weighted by Crippen LogP contribution is 2.58. The van der Waals surface area contributed by atoms with Crippen LogP contribution in [0.15, 0.2) is 78.9 Å². The average Bonchev–Trinajstić information content (AvgIpc) is 2.92. The van der Waals surface area contributed by atoms with Crippen LogP contribution in [0.1, 0.15) is 25.0 Å². The van der Waals surface area contributed by atoms with Crippen molar-refractivity contribution in [2.45, 2.75) is 25.0 Å². The SMILES string of the molecule is CC1(C)c2ccccc2N(c2ccccc2)[C@@]12C=Cc1cccc([N+](=O)[O-])c1O2. The van der Waals surface area contributed by atoms with Gasteiger partial charge in [0.25, 0.3) is 0 Å². The summed E-state index contributed by atoms with van der Waals surface area (Å²) in [6, 6.07) is 23.2. The first kappa shape index (κ1) is 17.5. The van der Waals surface area contributed by atoms with Crippen LogP contribution in [-0.2, 0) is 5.41 Å². The van der Waals surface area contributed by atoms with E-state index in [4.69, 9.17) is 4.74 Å². The highest BCUT2D eigenvalue weighted by Gasteiger charge is 2.60. The van der Waals surface area contributed by atoms with Gasteiger partial charge in [-0.1, -0.05) is 48.5 Å². The molecule has 3 aromatic rings. The molecule has 2 aliphatic heterocycles. The van der Waals surface area contributed by atoms with Crippen LogP contribution in [0.25, 0.3) is 6.08 Å². The summed E-state index contributed by atoms with van der Waals surface area (Å²) in [6.45, 7) is 4.25. The quantitative estimate of drug-likeness (QED) is 0.412. The van der Waals surface area contributed by atoms with E-state index in [-0.39, 0.29) is 10.6 Å². The van der Waals surface area contributed by atoms with E-state index in [0.717, 1.165) is 16.9 Å². The van der Waals surface area contributed by atoms with Crippen LogP contribution in [0.3, 0.4) is 0 Å². The van der Waals surface area contributed by atoms with Crippen molar-refractivity contribution in [1.82, 2.24) is 0 Å². The molecule has 0 amide bonds. The lowest BCUT2D eigenvalue weighted by Gasteiger charge is -2.46. The molecule has 2 aliphatic rings. The van der Waals surface area contributed by atoms with Crippen LogP contribution in [0.2, 0.25) is 0 Å². The third-order valence-electron chi connectivity index (χ3n) is 6.03. The van der Waals surface area contributed by atoms with Gasteiger partial charge in [0.2, 0.25) is 11.5 Å². The van der Waals surface area contributed by atoms with E-state index in [1.54, 1.807) is 6.07 Å². The number of para-hydroxylation sites is 3. The summed E-state index contributed by atoms with van der Waals surface area (Å²) in [5, 5.41) is 11.7. The maximum Gasteiger partial charge on any atom is 0.311 e. The Bertz CT molecular complexity index is 1150. The fourth-order valence-corrected chi connectivity index (χ4v) is 4.53. The molecule has 29 heavy (non-hydrogen) atoms. The summed E-state index contributed by atoms with van der Waals surface area (Å²) in [4.78, 5) is 13.5. The van der Waals surface area contributed by atoms with Gasteiger partial charge in [0.1, 0.15) is 0 Å². The smallest absolute Gasteiger partial charge is 0.311 e. The van der Waals surface area contributed by atoms with Gasteiger partial charge in [-0.3, -0.25) is 15.0 Å². The van der Waals surface area contributed by atoms with E-state index in [1.165, 1.54) is 6.07 Å². The van der Waals surface area contributed by atoms with Gasteiger partial charge < -0.3 is 4.74 Å². The molecular weight excluding hydrogens is 364 g/mol. The van der Waals surface area contributed by atoms with E-state index >= 15 is 0 Å². The number of hydrogen-bond donors (Lipinski definition) is 0. The molecular formula is C24H20N2O3. The molecule has 0 bridgehead atoms. The minimum absolute atomic E-state index is 0.0222.